The number of nitriles is 1. The Kier molecular flexibility index (Phi) is 3.81. The lowest BCUT2D eigenvalue weighted by atomic mass is 10.2. The lowest BCUT2D eigenvalue weighted by Gasteiger charge is -2.26. The molecule has 0 spiro atoms. The van der Waals surface area contributed by atoms with Crippen molar-refractivity contribution in [3.05, 3.63) is 29.8 Å². The molecule has 0 unspecified atom stereocenters. The molecule has 0 saturated carbocycles. The predicted molar refractivity (Wildman–Crippen MR) is 68.1 cm³/mol. The molecule has 0 radical (unpaired) electrons. The van der Waals surface area contributed by atoms with E-state index in [0.29, 0.717) is 37.4 Å². The summed E-state index contributed by atoms with van der Waals surface area (Å²) >= 11 is 0. The number of nitrogens with one attached hydrogen (secondary N) is 2. The number of rotatable bonds is 3. The van der Waals surface area contributed by atoms with E-state index in [4.69, 9.17) is 5.26 Å². The summed E-state index contributed by atoms with van der Waals surface area (Å²) in [7, 11) is -3.50. The highest BCUT2D eigenvalue weighted by Crippen LogP contribution is 2.13. The smallest absolute Gasteiger partial charge is 0.301 e. The summed E-state index contributed by atoms with van der Waals surface area (Å²) in [6.45, 7) is 2.25. The Morgan fingerprint density at radius 2 is 1.83 bits per heavy atom. The summed E-state index contributed by atoms with van der Waals surface area (Å²) in [5.74, 6) is 0. The second kappa shape index (κ2) is 5.35. The molecule has 2 rings (SSSR count). The summed E-state index contributed by atoms with van der Waals surface area (Å²) < 4.78 is 28.0. The van der Waals surface area contributed by atoms with Gasteiger partial charge in [0.25, 0.3) is 0 Å². The SMILES string of the molecule is N#Cc1ccc(NS(=O)(=O)N2CCNCC2)cc1. The third-order valence-corrected chi connectivity index (χ3v) is 4.22. The molecular weight excluding hydrogens is 252 g/mol. The summed E-state index contributed by atoms with van der Waals surface area (Å²) in [5, 5.41) is 11.8. The van der Waals surface area contributed by atoms with Crippen LogP contribution in [0.4, 0.5) is 5.69 Å². The number of hydrogen-bond acceptors (Lipinski definition) is 4. The Morgan fingerprint density at radius 3 is 2.39 bits per heavy atom. The number of benzene rings is 1. The van der Waals surface area contributed by atoms with Crippen molar-refractivity contribution < 1.29 is 8.42 Å². The molecule has 1 fully saturated rings. The van der Waals surface area contributed by atoms with Crippen LogP contribution in [0.15, 0.2) is 24.3 Å². The van der Waals surface area contributed by atoms with Crippen LogP contribution in [-0.2, 0) is 10.2 Å². The predicted octanol–water partition coefficient (Wildman–Crippen LogP) is 0.120. The monoisotopic (exact) mass is 266 g/mol. The van der Waals surface area contributed by atoms with Gasteiger partial charge in [0.15, 0.2) is 0 Å². The highest BCUT2D eigenvalue weighted by Gasteiger charge is 2.23. The Labute approximate surface area is 106 Å². The van der Waals surface area contributed by atoms with Crippen molar-refractivity contribution in [1.82, 2.24) is 9.62 Å². The van der Waals surface area contributed by atoms with Crippen LogP contribution in [0.3, 0.4) is 0 Å². The number of anilines is 1. The van der Waals surface area contributed by atoms with E-state index in [1.54, 1.807) is 24.3 Å². The minimum absolute atomic E-state index is 0.464. The first-order valence-electron chi connectivity index (χ1n) is 5.60. The van der Waals surface area contributed by atoms with E-state index in [1.165, 1.54) is 4.31 Å². The average Bonchev–Trinajstić information content (AvgIpc) is 2.40. The Bertz CT molecular complexity index is 541. The van der Waals surface area contributed by atoms with Crippen LogP contribution in [0.5, 0.6) is 0 Å². The first-order chi connectivity index (χ1) is 8.62. The van der Waals surface area contributed by atoms with Gasteiger partial charge < -0.3 is 5.32 Å². The molecule has 0 atom stereocenters. The number of piperazine rings is 1. The van der Waals surface area contributed by atoms with Crippen LogP contribution in [0.25, 0.3) is 0 Å². The molecule has 0 aromatic heterocycles. The fourth-order valence-corrected chi connectivity index (χ4v) is 2.94. The van der Waals surface area contributed by atoms with Crippen LogP contribution in [0, 0.1) is 11.3 Å². The van der Waals surface area contributed by atoms with Gasteiger partial charge in [-0.25, -0.2) is 0 Å². The molecule has 1 aromatic carbocycles. The van der Waals surface area contributed by atoms with Crippen molar-refractivity contribution in [3.63, 3.8) is 0 Å². The maximum atomic E-state index is 12.0. The summed E-state index contributed by atoms with van der Waals surface area (Å²) in [5.41, 5.74) is 0.965. The molecule has 18 heavy (non-hydrogen) atoms. The van der Waals surface area contributed by atoms with Gasteiger partial charge in [-0.3, -0.25) is 4.72 Å². The Hall–Kier alpha value is -1.62. The van der Waals surface area contributed by atoms with E-state index < -0.39 is 10.2 Å². The molecule has 96 valence electrons. The second-order valence-corrected chi connectivity index (χ2v) is 5.62. The molecule has 1 aromatic rings. The van der Waals surface area contributed by atoms with E-state index in [1.807, 2.05) is 6.07 Å². The van der Waals surface area contributed by atoms with Crippen molar-refractivity contribution in [2.24, 2.45) is 0 Å². The van der Waals surface area contributed by atoms with Crippen molar-refractivity contribution >= 4 is 15.9 Å². The third kappa shape index (κ3) is 2.98. The highest BCUT2D eigenvalue weighted by atomic mass is 32.2. The average molecular weight is 266 g/mol. The molecule has 1 aliphatic rings. The topological polar surface area (TPSA) is 85.2 Å². The van der Waals surface area contributed by atoms with E-state index in [9.17, 15) is 8.42 Å². The molecule has 1 aliphatic heterocycles. The zero-order valence-corrected chi connectivity index (χ0v) is 10.6. The van der Waals surface area contributed by atoms with Gasteiger partial charge in [-0.1, -0.05) is 0 Å². The van der Waals surface area contributed by atoms with E-state index >= 15 is 0 Å². The Balaban J connectivity index is 2.09. The van der Waals surface area contributed by atoms with Gasteiger partial charge in [0, 0.05) is 31.9 Å². The quantitative estimate of drug-likeness (QED) is 0.813. The van der Waals surface area contributed by atoms with Gasteiger partial charge >= 0.3 is 10.2 Å². The van der Waals surface area contributed by atoms with E-state index in [0.717, 1.165) is 0 Å². The largest absolute Gasteiger partial charge is 0.314 e. The van der Waals surface area contributed by atoms with Gasteiger partial charge in [0.2, 0.25) is 0 Å². The summed E-state index contributed by atoms with van der Waals surface area (Å²) in [4.78, 5) is 0. The van der Waals surface area contributed by atoms with Crippen LogP contribution in [-0.4, -0.2) is 38.9 Å². The minimum Gasteiger partial charge on any atom is -0.314 e. The molecule has 1 saturated heterocycles. The van der Waals surface area contributed by atoms with E-state index in [2.05, 4.69) is 10.0 Å². The van der Waals surface area contributed by atoms with Gasteiger partial charge in [0.1, 0.15) is 0 Å². The highest BCUT2D eigenvalue weighted by molar-refractivity contribution is 7.90. The van der Waals surface area contributed by atoms with Crippen molar-refractivity contribution in [3.8, 4) is 6.07 Å². The number of nitrogens with zero attached hydrogens (tertiary/aromatic N) is 2. The maximum Gasteiger partial charge on any atom is 0.301 e. The third-order valence-electron chi connectivity index (χ3n) is 2.68. The molecule has 1 heterocycles. The molecule has 6 nitrogen and oxygen atoms in total. The normalized spacial score (nSPS) is 17.1. The van der Waals surface area contributed by atoms with Crippen molar-refractivity contribution in [2.75, 3.05) is 30.9 Å². The fraction of sp³-hybridized carbons (Fsp3) is 0.364. The van der Waals surface area contributed by atoms with Crippen molar-refractivity contribution in [2.45, 2.75) is 0 Å². The van der Waals surface area contributed by atoms with Crippen molar-refractivity contribution in [1.29, 1.82) is 5.26 Å². The minimum atomic E-state index is -3.50. The fourth-order valence-electron chi connectivity index (χ4n) is 1.71. The van der Waals surface area contributed by atoms with Crippen LogP contribution < -0.4 is 10.0 Å². The maximum absolute atomic E-state index is 12.0. The summed E-state index contributed by atoms with van der Waals surface area (Å²) in [6, 6.07) is 8.31. The lowest BCUT2D eigenvalue weighted by molar-refractivity contribution is 0.362. The second-order valence-electron chi connectivity index (χ2n) is 3.95. The molecule has 0 aliphatic carbocycles. The first kappa shape index (κ1) is 12.8. The van der Waals surface area contributed by atoms with Crippen LogP contribution in [0.2, 0.25) is 0 Å². The zero-order valence-electron chi connectivity index (χ0n) is 9.76. The molecular formula is C11H14N4O2S. The molecule has 7 heteroatoms. The first-order valence-corrected chi connectivity index (χ1v) is 7.04. The van der Waals surface area contributed by atoms with Gasteiger partial charge in [0.05, 0.1) is 11.6 Å². The van der Waals surface area contributed by atoms with Crippen LogP contribution in [0.1, 0.15) is 5.56 Å². The van der Waals surface area contributed by atoms with Gasteiger partial charge in [-0.05, 0) is 24.3 Å². The molecule has 0 bridgehead atoms. The lowest BCUT2D eigenvalue weighted by Crippen LogP contribution is -2.48. The Morgan fingerprint density at radius 1 is 1.22 bits per heavy atom. The van der Waals surface area contributed by atoms with Gasteiger partial charge in [-0.15, -0.1) is 0 Å². The standard InChI is InChI=1S/C11H14N4O2S/c12-9-10-1-3-11(4-2-10)14-18(16,17)15-7-5-13-6-8-15/h1-4,13-14H,5-8H2. The molecule has 2 N–H and O–H groups in total. The van der Waals surface area contributed by atoms with Crippen LogP contribution >= 0.6 is 0 Å². The number of hydrogen-bond donors (Lipinski definition) is 2. The molecule has 0 amide bonds. The summed E-state index contributed by atoms with van der Waals surface area (Å²) in [6.07, 6.45) is 0. The van der Waals surface area contributed by atoms with Gasteiger partial charge in [-0.2, -0.15) is 18.0 Å². The zero-order chi connectivity index (χ0) is 13.0. The van der Waals surface area contributed by atoms with E-state index in [-0.39, 0.29) is 0 Å².